The smallest absolute Gasteiger partial charge is 0.306 e. The number of furan rings is 1. The van der Waals surface area contributed by atoms with Crippen molar-refractivity contribution in [2.24, 2.45) is 0 Å². The van der Waals surface area contributed by atoms with E-state index in [0.717, 1.165) is 24.8 Å². The van der Waals surface area contributed by atoms with Crippen LogP contribution < -0.4 is 14.8 Å². The van der Waals surface area contributed by atoms with Crippen molar-refractivity contribution in [1.82, 2.24) is 5.32 Å². The van der Waals surface area contributed by atoms with Crippen molar-refractivity contribution in [2.45, 2.75) is 83.1 Å². The van der Waals surface area contributed by atoms with Crippen molar-refractivity contribution in [1.29, 1.82) is 0 Å². The molecule has 2 heterocycles. The first kappa shape index (κ1) is 30.1. The van der Waals surface area contributed by atoms with Crippen LogP contribution in [0.3, 0.4) is 0 Å². The second-order valence-corrected chi connectivity index (χ2v) is 9.31. The number of nitrogens with one attached hydrogen (secondary N) is 1. The molecule has 0 unspecified atom stereocenters. The molecular weight excluding hydrogens is 498 g/mol. The fraction of sp³-hybridized carbons (Fsp3) is 0.667. The van der Waals surface area contributed by atoms with Crippen LogP contribution in [0.1, 0.15) is 51.5 Å². The quantitative estimate of drug-likeness (QED) is 0.156. The molecule has 0 aliphatic carbocycles. The first-order chi connectivity index (χ1) is 18.4. The summed E-state index contributed by atoms with van der Waals surface area (Å²) in [6, 6.07) is 3.55. The van der Waals surface area contributed by atoms with Gasteiger partial charge in [-0.1, -0.05) is 26.2 Å². The zero-order chi connectivity index (χ0) is 27.5. The van der Waals surface area contributed by atoms with Gasteiger partial charge < -0.3 is 49.1 Å². The Hall–Kier alpha value is -2.41. The molecule has 0 saturated carbocycles. The van der Waals surface area contributed by atoms with Crippen LogP contribution in [0, 0.1) is 0 Å². The Morgan fingerprint density at radius 2 is 1.87 bits per heavy atom. The van der Waals surface area contributed by atoms with E-state index in [2.05, 4.69) is 12.2 Å². The topological polar surface area (TPSA) is 160 Å². The fourth-order valence-corrected chi connectivity index (χ4v) is 4.34. The van der Waals surface area contributed by atoms with Crippen LogP contribution in [0.25, 0.3) is 11.0 Å². The Bertz CT molecular complexity index is 994. The number of rotatable bonds is 16. The minimum atomic E-state index is -1.62. The van der Waals surface area contributed by atoms with Gasteiger partial charge in [0, 0.05) is 18.4 Å². The zero-order valence-corrected chi connectivity index (χ0v) is 22.1. The average molecular weight is 540 g/mol. The van der Waals surface area contributed by atoms with Crippen molar-refractivity contribution >= 4 is 16.9 Å². The minimum Gasteiger partial charge on any atom is -0.485 e. The van der Waals surface area contributed by atoms with Crippen LogP contribution in [0.4, 0.5) is 0 Å². The van der Waals surface area contributed by atoms with Gasteiger partial charge in [0.15, 0.2) is 11.3 Å². The maximum absolute atomic E-state index is 12.1. The monoisotopic (exact) mass is 539 g/mol. The number of aliphatic hydroxyl groups is 4. The molecular formula is C27H41NO10. The minimum absolute atomic E-state index is 0.0704. The van der Waals surface area contributed by atoms with Crippen LogP contribution in [-0.4, -0.2) is 90.0 Å². The van der Waals surface area contributed by atoms with Gasteiger partial charge in [-0.25, -0.2) is 0 Å². The number of hydrogen-bond acceptors (Lipinski definition) is 11. The summed E-state index contributed by atoms with van der Waals surface area (Å²) in [4.78, 5) is 12.1. The van der Waals surface area contributed by atoms with Crippen LogP contribution in [0.2, 0.25) is 0 Å². The van der Waals surface area contributed by atoms with Gasteiger partial charge in [0.05, 0.1) is 19.5 Å². The Morgan fingerprint density at radius 3 is 2.61 bits per heavy atom. The van der Waals surface area contributed by atoms with E-state index in [-0.39, 0.29) is 43.5 Å². The third kappa shape index (κ3) is 7.81. The molecule has 3 rings (SSSR count). The van der Waals surface area contributed by atoms with Gasteiger partial charge in [-0.05, 0) is 44.0 Å². The molecule has 11 nitrogen and oxygen atoms in total. The van der Waals surface area contributed by atoms with Crippen molar-refractivity contribution in [2.75, 3.05) is 32.9 Å². The molecule has 2 aromatic rings. The second-order valence-electron chi connectivity index (χ2n) is 9.31. The highest BCUT2D eigenvalue weighted by molar-refractivity contribution is 5.87. The first-order valence-corrected chi connectivity index (χ1v) is 13.4. The number of ether oxygens (including phenoxy) is 4. The molecule has 1 saturated heterocycles. The highest BCUT2D eigenvalue weighted by Crippen LogP contribution is 2.42. The number of carbonyl (C=O) groups is 1. The summed E-state index contributed by atoms with van der Waals surface area (Å²) >= 11 is 0. The fourth-order valence-electron chi connectivity index (χ4n) is 4.34. The predicted molar refractivity (Wildman–Crippen MR) is 138 cm³/mol. The molecule has 5 atom stereocenters. The standard InChI is InChI=1S/C27H41NO10/c1-3-5-6-7-11-28-12-14-36-26-24-18(10-13-35-24)15-17(8-9-20(30)34-4-2)25(26)38-27-23(33)22(32)21(31)19(16-29)37-27/h10,13,15,19,21-23,27-29,31-33H,3-9,11-12,14,16H2,1-2H3/t19-,21-,22+,23-,27+/m1/s1. The van der Waals surface area contributed by atoms with E-state index in [4.69, 9.17) is 23.4 Å². The Labute approximate surface area is 222 Å². The number of benzene rings is 1. The SMILES string of the molecule is CCCCCCNCCOc1c(O[C@@H]2O[C@H](CO)[C@@H](O)[C@H](O)[C@H]2O)c(CCC(=O)OCC)cc2ccoc12. The molecule has 11 heteroatoms. The summed E-state index contributed by atoms with van der Waals surface area (Å²) in [5.74, 6) is 0.0495. The molecule has 0 radical (unpaired) electrons. The summed E-state index contributed by atoms with van der Waals surface area (Å²) in [6.45, 7) is 5.29. The molecule has 0 amide bonds. The summed E-state index contributed by atoms with van der Waals surface area (Å²) in [5, 5.41) is 44.6. The van der Waals surface area contributed by atoms with Gasteiger partial charge in [-0.3, -0.25) is 4.79 Å². The molecule has 1 fully saturated rings. The molecule has 0 bridgehead atoms. The molecule has 0 spiro atoms. The van der Waals surface area contributed by atoms with E-state index in [0.29, 0.717) is 17.7 Å². The maximum Gasteiger partial charge on any atom is 0.306 e. The lowest BCUT2D eigenvalue weighted by molar-refractivity contribution is -0.277. The van der Waals surface area contributed by atoms with Crippen molar-refractivity contribution < 1.29 is 48.6 Å². The van der Waals surface area contributed by atoms with E-state index < -0.39 is 37.3 Å². The van der Waals surface area contributed by atoms with E-state index in [1.807, 2.05) is 0 Å². The zero-order valence-electron chi connectivity index (χ0n) is 22.1. The predicted octanol–water partition coefficient (Wildman–Crippen LogP) is 1.66. The van der Waals surface area contributed by atoms with E-state index >= 15 is 0 Å². The van der Waals surface area contributed by atoms with Crippen molar-refractivity contribution in [3.05, 3.63) is 24.0 Å². The second kappa shape index (κ2) is 15.2. The third-order valence-electron chi connectivity index (χ3n) is 6.45. The Balaban J connectivity index is 1.85. The number of aryl methyl sites for hydroxylation is 1. The van der Waals surface area contributed by atoms with E-state index in [9.17, 15) is 25.2 Å². The highest BCUT2D eigenvalue weighted by atomic mass is 16.7. The molecule has 5 N–H and O–H groups in total. The number of unbranched alkanes of at least 4 members (excludes halogenated alkanes) is 3. The van der Waals surface area contributed by atoms with Gasteiger partial charge in [0.2, 0.25) is 12.0 Å². The normalized spacial score (nSPS) is 23.5. The summed E-state index contributed by atoms with van der Waals surface area (Å²) in [6.07, 6.45) is -0.896. The van der Waals surface area contributed by atoms with Gasteiger partial charge in [-0.15, -0.1) is 0 Å². The van der Waals surface area contributed by atoms with E-state index in [1.54, 1.807) is 19.1 Å². The molecule has 38 heavy (non-hydrogen) atoms. The van der Waals surface area contributed by atoms with Gasteiger partial charge in [0.1, 0.15) is 31.0 Å². The lowest BCUT2D eigenvalue weighted by atomic mass is 9.99. The lowest BCUT2D eigenvalue weighted by Gasteiger charge is -2.39. The average Bonchev–Trinajstić information content (AvgIpc) is 3.38. The molecule has 1 aliphatic rings. The number of carbonyl (C=O) groups excluding carboxylic acids is 1. The number of esters is 1. The summed E-state index contributed by atoms with van der Waals surface area (Å²) in [7, 11) is 0. The van der Waals surface area contributed by atoms with E-state index in [1.165, 1.54) is 19.1 Å². The Kier molecular flexibility index (Phi) is 12.1. The summed E-state index contributed by atoms with van der Waals surface area (Å²) in [5.41, 5.74) is 0.985. The third-order valence-corrected chi connectivity index (χ3v) is 6.45. The first-order valence-electron chi connectivity index (χ1n) is 13.4. The van der Waals surface area contributed by atoms with Crippen LogP contribution in [0.15, 0.2) is 22.8 Å². The number of fused-ring (bicyclic) bond motifs is 1. The van der Waals surface area contributed by atoms with Crippen LogP contribution in [0.5, 0.6) is 11.5 Å². The van der Waals surface area contributed by atoms with Crippen LogP contribution >= 0.6 is 0 Å². The Morgan fingerprint density at radius 1 is 1.05 bits per heavy atom. The highest BCUT2D eigenvalue weighted by Gasteiger charge is 2.45. The lowest BCUT2D eigenvalue weighted by Crippen LogP contribution is -2.60. The largest absolute Gasteiger partial charge is 0.485 e. The number of hydrogen-bond donors (Lipinski definition) is 5. The van der Waals surface area contributed by atoms with Crippen molar-refractivity contribution in [3.8, 4) is 11.5 Å². The van der Waals surface area contributed by atoms with Gasteiger partial charge in [-0.2, -0.15) is 0 Å². The van der Waals surface area contributed by atoms with Gasteiger partial charge >= 0.3 is 5.97 Å². The van der Waals surface area contributed by atoms with Crippen molar-refractivity contribution in [3.63, 3.8) is 0 Å². The van der Waals surface area contributed by atoms with Crippen LogP contribution in [-0.2, 0) is 20.7 Å². The molecule has 214 valence electrons. The number of aliphatic hydroxyl groups excluding tert-OH is 4. The molecule has 1 aromatic carbocycles. The summed E-state index contributed by atoms with van der Waals surface area (Å²) < 4.78 is 28.5. The molecule has 1 aromatic heterocycles. The van der Waals surface area contributed by atoms with Gasteiger partial charge in [0.25, 0.3) is 0 Å². The molecule has 1 aliphatic heterocycles. The maximum atomic E-state index is 12.1.